The molecule has 7 heteroatoms. The number of amides is 1. The van der Waals surface area contributed by atoms with Gasteiger partial charge < -0.3 is 24.2 Å². The number of rotatable bonds is 5. The van der Waals surface area contributed by atoms with Gasteiger partial charge in [0.05, 0.1) is 32.9 Å². The maximum Gasteiger partial charge on any atom is 0.295 e. The van der Waals surface area contributed by atoms with E-state index in [1.807, 2.05) is 0 Å². The van der Waals surface area contributed by atoms with Gasteiger partial charge in [-0.1, -0.05) is 0 Å². The smallest absolute Gasteiger partial charge is 0.295 e. The van der Waals surface area contributed by atoms with Crippen LogP contribution < -0.4 is 14.2 Å². The average molecular weight is 383 g/mol. The van der Waals surface area contributed by atoms with Gasteiger partial charge in [0.1, 0.15) is 23.0 Å². The van der Waals surface area contributed by atoms with E-state index in [-0.39, 0.29) is 11.3 Å². The summed E-state index contributed by atoms with van der Waals surface area (Å²) < 4.78 is 15.8. The fraction of sp³-hybridized carbons (Fsp3) is 0.238. The Kier molecular flexibility index (Phi) is 5.26. The summed E-state index contributed by atoms with van der Waals surface area (Å²) >= 11 is 0. The van der Waals surface area contributed by atoms with Crippen molar-refractivity contribution in [2.45, 2.75) is 6.04 Å². The van der Waals surface area contributed by atoms with Gasteiger partial charge in [0.15, 0.2) is 0 Å². The third kappa shape index (κ3) is 3.15. The second kappa shape index (κ2) is 7.64. The molecule has 0 aliphatic carbocycles. The highest BCUT2D eigenvalue weighted by Gasteiger charge is 2.45. The maximum atomic E-state index is 12.7. The van der Waals surface area contributed by atoms with E-state index in [1.165, 1.54) is 33.3 Å². The normalized spacial score (nSPS) is 18.3. The lowest BCUT2D eigenvalue weighted by Gasteiger charge is -2.23. The summed E-state index contributed by atoms with van der Waals surface area (Å²) in [7, 11) is 6.07. The van der Waals surface area contributed by atoms with Crippen molar-refractivity contribution in [1.29, 1.82) is 0 Å². The predicted molar refractivity (Wildman–Crippen MR) is 103 cm³/mol. The lowest BCUT2D eigenvalue weighted by molar-refractivity contribution is -0.139. The van der Waals surface area contributed by atoms with Crippen LogP contribution in [0.3, 0.4) is 0 Å². The lowest BCUT2D eigenvalue weighted by atomic mass is 9.94. The largest absolute Gasteiger partial charge is 0.507 e. The zero-order valence-electron chi connectivity index (χ0n) is 16.1. The number of aliphatic hydroxyl groups excluding tert-OH is 1. The number of benzene rings is 2. The van der Waals surface area contributed by atoms with E-state index in [0.717, 1.165) is 0 Å². The van der Waals surface area contributed by atoms with Crippen LogP contribution in [0.2, 0.25) is 0 Å². The van der Waals surface area contributed by atoms with Crippen LogP contribution in [0.5, 0.6) is 17.2 Å². The Morgan fingerprint density at radius 1 is 0.929 bits per heavy atom. The molecule has 146 valence electrons. The molecule has 2 aromatic rings. The summed E-state index contributed by atoms with van der Waals surface area (Å²) in [4.78, 5) is 26.4. The van der Waals surface area contributed by atoms with Crippen LogP contribution in [-0.4, -0.2) is 50.1 Å². The second-order valence-electron chi connectivity index (χ2n) is 6.25. The third-order valence-electron chi connectivity index (χ3n) is 4.77. The molecule has 0 spiro atoms. The van der Waals surface area contributed by atoms with Crippen molar-refractivity contribution < 1.29 is 28.9 Å². The van der Waals surface area contributed by atoms with E-state index in [4.69, 9.17) is 14.2 Å². The number of carbonyl (C=O) groups is 2. The summed E-state index contributed by atoms with van der Waals surface area (Å²) in [6, 6.07) is 10.9. The molecule has 1 aliphatic heterocycles. The molecule has 1 saturated heterocycles. The number of Topliss-reactive ketones (excluding diaryl/α,β-unsaturated/α-hetero) is 1. The van der Waals surface area contributed by atoms with Gasteiger partial charge in [0.2, 0.25) is 0 Å². The van der Waals surface area contributed by atoms with Gasteiger partial charge in [-0.15, -0.1) is 0 Å². The number of nitrogens with zero attached hydrogens (tertiary/aromatic N) is 1. The molecule has 2 aromatic carbocycles. The number of likely N-dealkylation sites (N-methyl/N-ethyl adjacent to an activating group) is 1. The molecular weight excluding hydrogens is 362 g/mol. The quantitative estimate of drug-likeness (QED) is 0.485. The highest BCUT2D eigenvalue weighted by molar-refractivity contribution is 6.46. The fourth-order valence-corrected chi connectivity index (χ4v) is 3.26. The summed E-state index contributed by atoms with van der Waals surface area (Å²) in [6.45, 7) is 0. The van der Waals surface area contributed by atoms with Gasteiger partial charge >= 0.3 is 0 Å². The van der Waals surface area contributed by atoms with E-state index in [9.17, 15) is 14.7 Å². The topological polar surface area (TPSA) is 85.3 Å². The van der Waals surface area contributed by atoms with Crippen LogP contribution in [0.1, 0.15) is 17.2 Å². The Bertz CT molecular complexity index is 948. The first-order valence-corrected chi connectivity index (χ1v) is 8.53. The zero-order valence-corrected chi connectivity index (χ0v) is 16.1. The van der Waals surface area contributed by atoms with Gasteiger partial charge in [0.25, 0.3) is 11.7 Å². The first kappa shape index (κ1) is 19.3. The number of hydrogen-bond donors (Lipinski definition) is 1. The SMILES string of the molecule is COc1ccc(/C(O)=C2\C(=O)C(=O)N(C)[C@@H]2c2ccc(OC)cc2OC)cc1. The number of aliphatic hydroxyl groups is 1. The first-order valence-electron chi connectivity index (χ1n) is 8.53. The van der Waals surface area contributed by atoms with Crippen LogP contribution >= 0.6 is 0 Å². The molecule has 1 N–H and O–H groups in total. The molecule has 1 aliphatic rings. The van der Waals surface area contributed by atoms with Crippen molar-refractivity contribution >= 4 is 17.4 Å². The molecule has 7 nitrogen and oxygen atoms in total. The molecular formula is C21H21NO6. The molecule has 0 bridgehead atoms. The maximum absolute atomic E-state index is 12.7. The summed E-state index contributed by atoms with van der Waals surface area (Å²) in [5.41, 5.74) is 0.978. The van der Waals surface area contributed by atoms with E-state index < -0.39 is 17.7 Å². The molecule has 1 heterocycles. The molecule has 28 heavy (non-hydrogen) atoms. The Hall–Kier alpha value is -3.48. The Labute approximate surface area is 162 Å². The van der Waals surface area contributed by atoms with E-state index in [2.05, 4.69) is 0 Å². The monoisotopic (exact) mass is 383 g/mol. The van der Waals surface area contributed by atoms with E-state index in [1.54, 1.807) is 42.5 Å². The number of ether oxygens (including phenoxy) is 3. The van der Waals surface area contributed by atoms with Crippen molar-refractivity contribution in [3.05, 3.63) is 59.2 Å². The molecule has 0 radical (unpaired) electrons. The average Bonchev–Trinajstić information content (AvgIpc) is 2.96. The lowest BCUT2D eigenvalue weighted by Crippen LogP contribution is -2.25. The molecule has 0 unspecified atom stereocenters. The minimum Gasteiger partial charge on any atom is -0.507 e. The Morgan fingerprint density at radius 3 is 2.11 bits per heavy atom. The fourth-order valence-electron chi connectivity index (χ4n) is 3.26. The van der Waals surface area contributed by atoms with Crippen LogP contribution in [0.15, 0.2) is 48.0 Å². The Morgan fingerprint density at radius 2 is 1.54 bits per heavy atom. The molecule has 3 rings (SSSR count). The minimum atomic E-state index is -0.789. The highest BCUT2D eigenvalue weighted by Crippen LogP contribution is 2.42. The zero-order chi connectivity index (χ0) is 20.4. The predicted octanol–water partition coefficient (Wildman–Crippen LogP) is 2.76. The molecule has 0 aromatic heterocycles. The number of hydrogen-bond acceptors (Lipinski definition) is 6. The third-order valence-corrected chi connectivity index (χ3v) is 4.77. The minimum absolute atomic E-state index is 0.00105. The number of carbonyl (C=O) groups excluding carboxylic acids is 2. The second-order valence-corrected chi connectivity index (χ2v) is 6.25. The van der Waals surface area contributed by atoms with Crippen LogP contribution in [-0.2, 0) is 9.59 Å². The standard InChI is InChI=1S/C21H21NO6/c1-22-18(15-10-9-14(27-3)11-16(15)28-4)17(20(24)21(22)25)19(23)12-5-7-13(26-2)8-6-12/h5-11,18,23H,1-4H3/b19-17+/t18-/m1/s1. The molecule has 1 amide bonds. The molecule has 1 atom stereocenters. The van der Waals surface area contributed by atoms with Gasteiger partial charge in [-0.3, -0.25) is 9.59 Å². The Balaban J connectivity index is 2.17. The summed E-state index contributed by atoms with van der Waals surface area (Å²) in [6.07, 6.45) is 0. The van der Waals surface area contributed by atoms with E-state index >= 15 is 0 Å². The van der Waals surface area contributed by atoms with Crippen molar-refractivity contribution in [3.8, 4) is 17.2 Å². The summed E-state index contributed by atoms with van der Waals surface area (Å²) in [5, 5.41) is 10.9. The van der Waals surface area contributed by atoms with Gasteiger partial charge in [-0.2, -0.15) is 0 Å². The molecule has 0 saturated carbocycles. The summed E-state index contributed by atoms with van der Waals surface area (Å²) in [5.74, 6) is -0.0757. The van der Waals surface area contributed by atoms with E-state index in [0.29, 0.717) is 28.4 Å². The van der Waals surface area contributed by atoms with Crippen LogP contribution in [0.4, 0.5) is 0 Å². The van der Waals surface area contributed by atoms with Gasteiger partial charge in [0, 0.05) is 24.2 Å². The number of methoxy groups -OCH3 is 3. The van der Waals surface area contributed by atoms with Crippen molar-refractivity contribution in [2.24, 2.45) is 0 Å². The van der Waals surface area contributed by atoms with Crippen LogP contribution in [0, 0.1) is 0 Å². The van der Waals surface area contributed by atoms with Crippen LogP contribution in [0.25, 0.3) is 5.76 Å². The van der Waals surface area contributed by atoms with Crippen molar-refractivity contribution in [1.82, 2.24) is 4.90 Å². The van der Waals surface area contributed by atoms with Crippen molar-refractivity contribution in [3.63, 3.8) is 0 Å². The van der Waals surface area contributed by atoms with Crippen molar-refractivity contribution in [2.75, 3.05) is 28.4 Å². The number of likely N-dealkylation sites (tertiary alicyclic amines) is 1. The van der Waals surface area contributed by atoms with Gasteiger partial charge in [-0.25, -0.2) is 0 Å². The molecule has 1 fully saturated rings. The van der Waals surface area contributed by atoms with Gasteiger partial charge in [-0.05, 0) is 36.4 Å². The highest BCUT2D eigenvalue weighted by atomic mass is 16.5. The number of ketones is 1. The first-order chi connectivity index (χ1) is 13.4.